The molecule has 0 atom stereocenters. The Morgan fingerprint density at radius 3 is 2.25 bits per heavy atom. The highest BCUT2D eigenvalue weighted by atomic mass is 32.1. The molecule has 0 aliphatic carbocycles. The lowest BCUT2D eigenvalue weighted by molar-refractivity contribution is -0.118. The maximum Gasteiger partial charge on any atom is 0.257 e. The van der Waals surface area contributed by atoms with Crippen LogP contribution in [0.5, 0.6) is 5.75 Å². The van der Waals surface area contributed by atoms with Crippen LogP contribution >= 0.6 is 12.2 Å². The van der Waals surface area contributed by atoms with E-state index in [1.54, 1.807) is 48.5 Å². The lowest BCUT2D eigenvalue weighted by Gasteiger charge is -2.12. The normalized spacial score (nSPS) is 10.5. The summed E-state index contributed by atoms with van der Waals surface area (Å²) in [6, 6.07) is 14.2. The van der Waals surface area contributed by atoms with Crippen molar-refractivity contribution in [1.82, 2.24) is 5.32 Å². The summed E-state index contributed by atoms with van der Waals surface area (Å²) in [5.41, 5.74) is 1.81. The largest absolute Gasteiger partial charge is 0.494 e. The van der Waals surface area contributed by atoms with Gasteiger partial charge in [0.15, 0.2) is 5.11 Å². The van der Waals surface area contributed by atoms with Crippen molar-refractivity contribution in [3.05, 3.63) is 54.1 Å². The Bertz CT molecular complexity index is 898. The predicted molar refractivity (Wildman–Crippen MR) is 134 cm³/mol. The number of thiocarbonyl (C=S) groups is 1. The molecule has 32 heavy (non-hydrogen) atoms. The highest BCUT2D eigenvalue weighted by molar-refractivity contribution is 7.80. The second-order valence-corrected chi connectivity index (χ2v) is 8.33. The van der Waals surface area contributed by atoms with Gasteiger partial charge in [0.1, 0.15) is 5.75 Å². The van der Waals surface area contributed by atoms with Gasteiger partial charge >= 0.3 is 0 Å². The van der Waals surface area contributed by atoms with Crippen LogP contribution in [0, 0.1) is 5.92 Å². The summed E-state index contributed by atoms with van der Waals surface area (Å²) in [6.07, 6.45) is 5.94. The molecule has 0 aliphatic rings. The molecular formula is C25H33N3O3S. The Labute approximate surface area is 196 Å². The Balaban J connectivity index is 1.81. The summed E-state index contributed by atoms with van der Waals surface area (Å²) in [6.45, 7) is 6.54. The van der Waals surface area contributed by atoms with Crippen molar-refractivity contribution in [3.63, 3.8) is 0 Å². The quantitative estimate of drug-likeness (QED) is 0.297. The second-order valence-electron chi connectivity index (χ2n) is 7.92. The molecule has 0 saturated heterocycles. The molecular weight excluding hydrogens is 422 g/mol. The lowest BCUT2D eigenvalue weighted by atomic mass is 10.2. The van der Waals surface area contributed by atoms with E-state index in [4.69, 9.17) is 17.0 Å². The van der Waals surface area contributed by atoms with Crippen LogP contribution in [0.25, 0.3) is 0 Å². The Hall–Kier alpha value is -2.93. The Morgan fingerprint density at radius 2 is 1.59 bits per heavy atom. The minimum atomic E-state index is -0.308. The number of carbonyl (C=O) groups excluding carboxylic acids is 2. The smallest absolute Gasteiger partial charge is 0.257 e. The molecule has 0 unspecified atom stereocenters. The molecule has 6 nitrogen and oxygen atoms in total. The molecule has 2 amide bonds. The molecule has 0 fully saturated rings. The zero-order valence-electron chi connectivity index (χ0n) is 19.1. The van der Waals surface area contributed by atoms with Gasteiger partial charge in [-0.2, -0.15) is 0 Å². The molecule has 0 heterocycles. The van der Waals surface area contributed by atoms with Gasteiger partial charge in [-0.05, 0) is 61.1 Å². The summed E-state index contributed by atoms with van der Waals surface area (Å²) in [5.74, 6) is 0.257. The molecule has 2 rings (SSSR count). The van der Waals surface area contributed by atoms with Crippen LogP contribution in [-0.2, 0) is 4.79 Å². The van der Waals surface area contributed by atoms with Crippen LogP contribution < -0.4 is 20.7 Å². The maximum absolute atomic E-state index is 12.5. The van der Waals surface area contributed by atoms with Crippen LogP contribution in [0.4, 0.5) is 11.4 Å². The van der Waals surface area contributed by atoms with E-state index in [0.29, 0.717) is 23.5 Å². The molecule has 0 bridgehead atoms. The molecule has 0 aliphatic heterocycles. The summed E-state index contributed by atoms with van der Waals surface area (Å²) in [5, 5.41) is 8.65. The van der Waals surface area contributed by atoms with E-state index in [1.807, 2.05) is 13.8 Å². The van der Waals surface area contributed by atoms with Crippen molar-refractivity contribution in [1.29, 1.82) is 0 Å². The lowest BCUT2D eigenvalue weighted by Crippen LogP contribution is -2.34. The van der Waals surface area contributed by atoms with E-state index in [1.165, 1.54) is 25.7 Å². The number of unbranched alkanes of at least 4 members (excludes halogenated alkanes) is 4. The number of hydrogen-bond acceptors (Lipinski definition) is 4. The number of amides is 2. The average molecular weight is 456 g/mol. The second kappa shape index (κ2) is 13.5. The van der Waals surface area contributed by atoms with Crippen LogP contribution in [0.1, 0.15) is 63.2 Å². The van der Waals surface area contributed by atoms with Gasteiger partial charge in [0, 0.05) is 22.9 Å². The molecule has 2 aromatic carbocycles. The van der Waals surface area contributed by atoms with Gasteiger partial charge in [0.25, 0.3) is 5.91 Å². The number of benzene rings is 2. The Kier molecular flexibility index (Phi) is 10.7. The number of rotatable bonds is 11. The maximum atomic E-state index is 12.5. The zero-order chi connectivity index (χ0) is 23.3. The van der Waals surface area contributed by atoms with Crippen molar-refractivity contribution in [2.45, 2.75) is 52.9 Å². The Morgan fingerprint density at radius 1 is 0.938 bits per heavy atom. The molecule has 0 saturated carbocycles. The highest BCUT2D eigenvalue weighted by Gasteiger charge is 2.10. The van der Waals surface area contributed by atoms with Crippen molar-refractivity contribution in [2.75, 3.05) is 17.2 Å². The molecule has 2 aromatic rings. The van der Waals surface area contributed by atoms with Crippen molar-refractivity contribution >= 4 is 40.5 Å². The fourth-order valence-electron chi connectivity index (χ4n) is 2.90. The van der Waals surface area contributed by atoms with Crippen molar-refractivity contribution < 1.29 is 14.3 Å². The van der Waals surface area contributed by atoms with Gasteiger partial charge < -0.3 is 15.4 Å². The van der Waals surface area contributed by atoms with Gasteiger partial charge in [-0.15, -0.1) is 0 Å². The van der Waals surface area contributed by atoms with Gasteiger partial charge in [0.2, 0.25) is 5.91 Å². The number of nitrogens with one attached hydrogen (secondary N) is 3. The third kappa shape index (κ3) is 9.06. The van der Waals surface area contributed by atoms with E-state index in [2.05, 4.69) is 22.9 Å². The molecule has 0 radical (unpaired) electrons. The number of ether oxygens (including phenoxy) is 1. The fourth-order valence-corrected chi connectivity index (χ4v) is 3.11. The zero-order valence-corrected chi connectivity index (χ0v) is 19.9. The third-order valence-electron chi connectivity index (χ3n) is 4.77. The summed E-state index contributed by atoms with van der Waals surface area (Å²) in [4.78, 5) is 24.3. The SMILES string of the molecule is CCCCCCCOc1ccc(C(=O)NC(=S)Nc2cccc(NC(=O)C(C)C)c2)cc1. The third-order valence-corrected chi connectivity index (χ3v) is 4.98. The van der Waals surface area contributed by atoms with Gasteiger partial charge in [-0.1, -0.05) is 52.5 Å². The van der Waals surface area contributed by atoms with E-state index < -0.39 is 0 Å². The molecule has 172 valence electrons. The van der Waals surface area contributed by atoms with Gasteiger partial charge in [-0.25, -0.2) is 0 Å². The molecule has 3 N–H and O–H groups in total. The number of carbonyl (C=O) groups is 2. The van der Waals surface area contributed by atoms with E-state index in [9.17, 15) is 9.59 Å². The number of hydrogen-bond donors (Lipinski definition) is 3. The minimum absolute atomic E-state index is 0.0676. The summed E-state index contributed by atoms with van der Waals surface area (Å²) in [7, 11) is 0. The predicted octanol–water partition coefficient (Wildman–Crippen LogP) is 5.76. The fraction of sp³-hybridized carbons (Fsp3) is 0.400. The first-order valence-corrected chi connectivity index (χ1v) is 11.6. The number of anilines is 2. The van der Waals surface area contributed by atoms with E-state index in [0.717, 1.165) is 12.2 Å². The first kappa shape index (κ1) is 25.3. The van der Waals surface area contributed by atoms with E-state index >= 15 is 0 Å². The standard InChI is InChI=1S/C25H33N3O3S/c1-4-5-6-7-8-16-31-22-14-12-19(13-15-22)24(30)28-25(32)27-21-11-9-10-20(17-21)26-23(29)18(2)3/h9-15,17-18H,4-8,16H2,1-3H3,(H,26,29)(H2,27,28,30,32). The van der Waals surface area contributed by atoms with E-state index in [-0.39, 0.29) is 22.8 Å². The summed E-state index contributed by atoms with van der Waals surface area (Å²) < 4.78 is 5.73. The monoisotopic (exact) mass is 455 g/mol. The first-order valence-electron chi connectivity index (χ1n) is 11.1. The van der Waals surface area contributed by atoms with Crippen LogP contribution in [-0.4, -0.2) is 23.5 Å². The average Bonchev–Trinajstić information content (AvgIpc) is 2.76. The van der Waals surface area contributed by atoms with Crippen molar-refractivity contribution in [3.8, 4) is 5.75 Å². The minimum Gasteiger partial charge on any atom is -0.494 e. The van der Waals surface area contributed by atoms with Crippen LogP contribution in [0.3, 0.4) is 0 Å². The van der Waals surface area contributed by atoms with Gasteiger partial charge in [-0.3, -0.25) is 14.9 Å². The van der Waals surface area contributed by atoms with Crippen LogP contribution in [0.2, 0.25) is 0 Å². The van der Waals surface area contributed by atoms with Gasteiger partial charge in [0.05, 0.1) is 6.61 Å². The van der Waals surface area contributed by atoms with Crippen molar-refractivity contribution in [2.24, 2.45) is 5.92 Å². The van der Waals surface area contributed by atoms with Crippen LogP contribution in [0.15, 0.2) is 48.5 Å². The first-order chi connectivity index (χ1) is 15.4. The summed E-state index contributed by atoms with van der Waals surface area (Å²) >= 11 is 5.26. The molecule has 0 aromatic heterocycles. The topological polar surface area (TPSA) is 79.5 Å². The highest BCUT2D eigenvalue weighted by Crippen LogP contribution is 2.16. The molecule has 7 heteroatoms. The molecule has 0 spiro atoms.